The van der Waals surface area contributed by atoms with E-state index in [1.54, 1.807) is 20.9 Å². The maximum absolute atomic E-state index is 15.2. The number of nitrogens with one attached hydrogen (secondary N) is 5. The summed E-state index contributed by atoms with van der Waals surface area (Å²) in [6, 6.07) is -8.43. The van der Waals surface area contributed by atoms with Crippen LogP contribution in [-0.4, -0.2) is 214 Å². The van der Waals surface area contributed by atoms with Crippen molar-refractivity contribution in [3.05, 3.63) is 0 Å². The Kier molecular flexibility index (Phi) is 26.1. The fraction of sp³-hybridized carbons (Fsp3) is 0.833. The second-order valence-corrected chi connectivity index (χ2v) is 29.2. The molecule has 0 aromatic carbocycles. The number of carbonyl (C=O) groups excluding carboxylic acids is 11. The smallest absolute Gasteiger partial charge is 0.351 e. The molecule has 3 unspecified atom stereocenters. The number of likely N-dealkylation sites (N-methyl/N-ethyl adjacent to an activating group) is 4. The molecule has 5 N–H and O–H groups in total. The lowest BCUT2D eigenvalue weighted by atomic mass is 9.78. The Labute approximate surface area is 546 Å². The molecule has 0 aromatic heterocycles. The van der Waals surface area contributed by atoms with Gasteiger partial charge in [0, 0.05) is 59.1 Å². The lowest BCUT2D eigenvalue weighted by molar-refractivity contribution is -0.182. The van der Waals surface area contributed by atoms with Crippen molar-refractivity contribution in [3.63, 3.8) is 0 Å². The van der Waals surface area contributed by atoms with Crippen LogP contribution in [0.3, 0.4) is 0 Å². The summed E-state index contributed by atoms with van der Waals surface area (Å²) in [5, 5.41) is 13.5. The van der Waals surface area contributed by atoms with Crippen molar-refractivity contribution in [1.29, 1.82) is 0 Å². The van der Waals surface area contributed by atoms with E-state index >= 15 is 9.59 Å². The van der Waals surface area contributed by atoms with E-state index in [4.69, 9.17) is 11.6 Å². The third-order valence-corrected chi connectivity index (χ3v) is 21.8. The van der Waals surface area contributed by atoms with Crippen LogP contribution in [0.25, 0.3) is 0 Å². The number of hydrogen-bond acceptors (Lipinski definition) is 11. The first kappa shape index (κ1) is 73.7. The highest BCUT2D eigenvalue weighted by atomic mass is 35.5. The molecular formula is C66H105ClF3N11O11. The SMILES string of the molecule is CC[C@H](C)[C@@H]1NC(=O)[C@H](CC(C)C)N(C)C(=O)C[C@@H](C)NC(=O)[C@H](C2CCCC2)N(C)C(=O)C2(CCCC2)NC(=O)[C@@H]2CCCN2C(=O)[C@H](CCC2CCC(C(F)(F)F)C(Cl)C2)NC(=O)CN(C)C(=O)[C@H](CC2CCCCC2)NC(=O)[C@@H]2CCN2C(=O)CN(C)C1=O. The fourth-order valence-corrected chi connectivity index (χ4v) is 16.0. The minimum atomic E-state index is -4.49. The van der Waals surface area contributed by atoms with Crippen LogP contribution in [0.4, 0.5) is 13.2 Å². The molecule has 11 amide bonds. The highest BCUT2D eigenvalue weighted by Gasteiger charge is 2.51. The van der Waals surface area contributed by atoms with E-state index < -0.39 is 155 Å². The summed E-state index contributed by atoms with van der Waals surface area (Å²) >= 11 is 6.37. The lowest BCUT2D eigenvalue weighted by Gasteiger charge is -2.41. The third-order valence-electron chi connectivity index (χ3n) is 21.3. The zero-order valence-electron chi connectivity index (χ0n) is 55.9. The van der Waals surface area contributed by atoms with Gasteiger partial charge in [0.15, 0.2) is 0 Å². The summed E-state index contributed by atoms with van der Waals surface area (Å²) in [5.41, 5.74) is -1.46. The summed E-state index contributed by atoms with van der Waals surface area (Å²) in [7, 11) is 5.90. The average Bonchev–Trinajstić information content (AvgIpc) is 1.77. The summed E-state index contributed by atoms with van der Waals surface area (Å²) in [5.74, 6) is -9.01. The molecule has 7 fully saturated rings. The highest BCUT2D eigenvalue weighted by molar-refractivity contribution is 6.20. The van der Waals surface area contributed by atoms with Crippen molar-refractivity contribution >= 4 is 76.6 Å². The first-order valence-electron chi connectivity index (χ1n) is 34.3. The van der Waals surface area contributed by atoms with Gasteiger partial charge in [-0.15, -0.1) is 11.6 Å². The monoisotopic (exact) mass is 1320 g/mol. The van der Waals surface area contributed by atoms with Gasteiger partial charge < -0.3 is 56.0 Å². The maximum Gasteiger partial charge on any atom is 0.393 e. The first-order valence-corrected chi connectivity index (χ1v) is 34.7. The molecule has 22 nitrogen and oxygen atoms in total. The highest BCUT2D eigenvalue weighted by Crippen LogP contribution is 2.44. The van der Waals surface area contributed by atoms with Gasteiger partial charge in [0.1, 0.15) is 47.8 Å². The minimum Gasteiger partial charge on any atom is -0.351 e. The van der Waals surface area contributed by atoms with Crippen LogP contribution in [0.15, 0.2) is 0 Å². The van der Waals surface area contributed by atoms with Gasteiger partial charge in [0.25, 0.3) is 0 Å². The van der Waals surface area contributed by atoms with Crippen LogP contribution in [0.2, 0.25) is 0 Å². The summed E-state index contributed by atoms with van der Waals surface area (Å²) in [6.07, 6.45) is 6.30. The van der Waals surface area contributed by atoms with E-state index in [1.165, 1.54) is 45.6 Å². The molecule has 3 aliphatic heterocycles. The molecule has 4 aliphatic carbocycles. The Morgan fingerprint density at radius 1 is 0.598 bits per heavy atom. The number of nitrogens with zero attached hydrogens (tertiary/aromatic N) is 6. The Morgan fingerprint density at radius 3 is 1.85 bits per heavy atom. The average molecular weight is 1320 g/mol. The summed E-state index contributed by atoms with van der Waals surface area (Å²) in [6.45, 7) is 8.41. The fourth-order valence-electron chi connectivity index (χ4n) is 15.5. The van der Waals surface area contributed by atoms with Crippen molar-refractivity contribution in [3.8, 4) is 0 Å². The molecule has 0 aromatic rings. The predicted octanol–water partition coefficient (Wildman–Crippen LogP) is 5.56. The van der Waals surface area contributed by atoms with Gasteiger partial charge in [-0.05, 0) is 126 Å². The number of carbonyl (C=O) groups is 11. The summed E-state index contributed by atoms with van der Waals surface area (Å²) < 4.78 is 41.8. The molecule has 518 valence electrons. The Bertz CT molecular complexity index is 2650. The Balaban J connectivity index is 1.20. The van der Waals surface area contributed by atoms with Gasteiger partial charge in [-0.1, -0.05) is 91.9 Å². The van der Waals surface area contributed by atoms with E-state index in [0.29, 0.717) is 38.5 Å². The van der Waals surface area contributed by atoms with E-state index in [-0.39, 0.29) is 114 Å². The van der Waals surface area contributed by atoms with Crippen molar-refractivity contribution in [1.82, 2.24) is 56.0 Å². The van der Waals surface area contributed by atoms with Gasteiger partial charge >= 0.3 is 6.18 Å². The number of rotatable bonds is 10. The molecule has 7 rings (SSSR count). The zero-order valence-corrected chi connectivity index (χ0v) is 56.6. The Morgan fingerprint density at radius 2 is 1.24 bits per heavy atom. The lowest BCUT2D eigenvalue weighted by Crippen LogP contribution is -2.64. The van der Waals surface area contributed by atoms with E-state index in [1.807, 2.05) is 20.8 Å². The van der Waals surface area contributed by atoms with Crippen LogP contribution >= 0.6 is 11.6 Å². The topological polar surface area (TPSA) is 267 Å². The van der Waals surface area contributed by atoms with E-state index in [0.717, 1.165) is 49.8 Å². The van der Waals surface area contributed by atoms with Crippen LogP contribution in [0, 0.1) is 35.5 Å². The number of hydrogen-bond donors (Lipinski definition) is 5. The van der Waals surface area contributed by atoms with Gasteiger partial charge in [-0.2, -0.15) is 13.2 Å². The van der Waals surface area contributed by atoms with Crippen LogP contribution in [0.5, 0.6) is 0 Å². The van der Waals surface area contributed by atoms with Crippen molar-refractivity contribution < 1.29 is 65.9 Å². The molecule has 4 saturated carbocycles. The summed E-state index contributed by atoms with van der Waals surface area (Å²) in [4.78, 5) is 169. The Hall–Kier alpha value is -5.75. The maximum atomic E-state index is 15.2. The standard InChI is InChI=1S/C66H105ClF3N11O11/c1-10-40(4)55-63(91)77(7)38-54(84)80-32-28-50(80)57(85)73-48(36-42-19-12-11-13-20-42)61(89)76(6)37-52(82)72-47(27-25-43-24-26-45(46(67)35-43)66(68,69)70)62(90)81-31-18-23-49(81)59(87)75-65(29-16-17-30-65)64(92)79(9)56(44-21-14-15-22-44)60(88)71-41(5)34-53(83)78(8)51(33-39(2)3)58(86)74-55/h39-51,55-56H,10-38H2,1-9H3,(H,71,88)(H,72,82)(H,73,85)(H,74,86)(H,75,87)/t40-,41+,43?,45?,46?,47-,48-,49-,50-,51-,55-,56-/m0/s1. The van der Waals surface area contributed by atoms with E-state index in [2.05, 4.69) is 26.6 Å². The van der Waals surface area contributed by atoms with Crippen LogP contribution in [-0.2, 0) is 52.7 Å². The number of fused-ring (bicyclic) bond motifs is 2. The zero-order chi connectivity index (χ0) is 67.5. The molecule has 3 saturated heterocycles. The molecule has 26 heteroatoms. The normalized spacial score (nSPS) is 31.6. The minimum absolute atomic E-state index is 0.0208. The van der Waals surface area contributed by atoms with Crippen LogP contribution < -0.4 is 26.6 Å². The molecule has 3 heterocycles. The molecule has 92 heavy (non-hydrogen) atoms. The third kappa shape index (κ3) is 18.4. The quantitative estimate of drug-likeness (QED) is 0.169. The number of amides is 11. The van der Waals surface area contributed by atoms with Gasteiger partial charge in [-0.3, -0.25) is 52.7 Å². The van der Waals surface area contributed by atoms with Gasteiger partial charge in [-0.25, -0.2) is 0 Å². The van der Waals surface area contributed by atoms with Gasteiger partial charge in [0.2, 0.25) is 65.0 Å². The van der Waals surface area contributed by atoms with Gasteiger partial charge in [0.05, 0.1) is 19.0 Å². The second-order valence-electron chi connectivity index (χ2n) is 28.6. The molecule has 12 atom stereocenters. The van der Waals surface area contributed by atoms with Crippen molar-refractivity contribution in [2.75, 3.05) is 54.4 Å². The number of alkyl halides is 4. The predicted molar refractivity (Wildman–Crippen MR) is 338 cm³/mol. The molecule has 7 aliphatic rings. The first-order chi connectivity index (χ1) is 43.4. The molecule has 0 radical (unpaired) electrons. The van der Waals surface area contributed by atoms with E-state index in [9.17, 15) is 56.3 Å². The van der Waals surface area contributed by atoms with Crippen molar-refractivity contribution in [2.24, 2.45) is 35.5 Å². The largest absolute Gasteiger partial charge is 0.393 e. The van der Waals surface area contributed by atoms with Crippen molar-refractivity contribution in [2.45, 2.75) is 261 Å². The van der Waals surface area contributed by atoms with Crippen LogP contribution in [0.1, 0.15) is 195 Å². The molecule has 1 spiro atoms. The second kappa shape index (κ2) is 32.6. The molecular weight excluding hydrogens is 1220 g/mol. The molecule has 0 bridgehead atoms. The number of halogens is 4.